The molecule has 1 aromatic rings. The van der Waals surface area contributed by atoms with Gasteiger partial charge in [-0.1, -0.05) is 28.1 Å². The van der Waals surface area contributed by atoms with Gasteiger partial charge in [-0.15, -0.1) is 0 Å². The van der Waals surface area contributed by atoms with Crippen molar-refractivity contribution < 1.29 is 0 Å². The molecule has 0 aliphatic heterocycles. The van der Waals surface area contributed by atoms with Crippen LogP contribution in [-0.4, -0.2) is 0 Å². The quantitative estimate of drug-likeness (QED) is 0.519. The Balaban J connectivity index is 3.40. The summed E-state index contributed by atoms with van der Waals surface area (Å²) >= 11 is 3.33. The maximum absolute atomic E-state index is 6.78. The second-order valence-corrected chi connectivity index (χ2v) is 3.07. The summed E-state index contributed by atoms with van der Waals surface area (Å²) < 4.78 is 0.947. The Bertz CT molecular complexity index is 326. The zero-order valence-electron chi connectivity index (χ0n) is 6.06. The van der Waals surface area contributed by atoms with E-state index in [1.165, 1.54) is 0 Å². The molecule has 0 aliphatic carbocycles. The topological polar surface area (TPSA) is 30.4 Å². The summed E-state index contributed by atoms with van der Waals surface area (Å²) in [6.07, 6.45) is 0. The van der Waals surface area contributed by atoms with Crippen molar-refractivity contribution in [1.82, 2.24) is 0 Å². The van der Waals surface area contributed by atoms with Gasteiger partial charge in [0, 0.05) is 10.2 Å². The maximum Gasteiger partial charge on any atom is 0.209 e. The van der Waals surface area contributed by atoms with Gasteiger partial charge in [-0.3, -0.25) is 0 Å². The molecule has 0 bridgehead atoms. The normalized spacial score (nSPS) is 9.18. The van der Waals surface area contributed by atoms with E-state index in [0.717, 1.165) is 10.0 Å². The highest BCUT2D eigenvalue weighted by Crippen LogP contribution is 2.30. The highest BCUT2D eigenvalue weighted by molar-refractivity contribution is 9.10. The van der Waals surface area contributed by atoms with E-state index in [1.807, 2.05) is 13.0 Å². The number of rotatable bonds is 0. The van der Waals surface area contributed by atoms with Crippen LogP contribution in [0.3, 0.4) is 0 Å². The Morgan fingerprint density at radius 3 is 2.73 bits per heavy atom. The van der Waals surface area contributed by atoms with Crippen molar-refractivity contribution in [2.24, 2.45) is 0 Å². The summed E-state index contributed by atoms with van der Waals surface area (Å²) in [5, 5.41) is 0. The van der Waals surface area contributed by atoms with Crippen LogP contribution in [0.1, 0.15) is 5.56 Å². The van der Waals surface area contributed by atoms with Crippen molar-refractivity contribution in [3.05, 3.63) is 33.6 Å². The van der Waals surface area contributed by atoms with Gasteiger partial charge in [0.25, 0.3) is 0 Å². The minimum Gasteiger partial charge on any atom is -0.407 e. The smallest absolute Gasteiger partial charge is 0.209 e. The fourth-order valence-electron chi connectivity index (χ4n) is 0.785. The molecule has 0 amide bonds. The van der Waals surface area contributed by atoms with Crippen molar-refractivity contribution in [2.75, 3.05) is 5.73 Å². The largest absolute Gasteiger partial charge is 0.407 e. The first-order chi connectivity index (χ1) is 5.16. The summed E-state index contributed by atoms with van der Waals surface area (Å²) in [6.45, 7) is 8.66. The van der Waals surface area contributed by atoms with Crippen LogP contribution in [-0.2, 0) is 0 Å². The zero-order valence-corrected chi connectivity index (χ0v) is 7.64. The molecule has 1 rings (SSSR count). The van der Waals surface area contributed by atoms with Crippen LogP contribution in [0.2, 0.25) is 0 Å². The summed E-state index contributed by atoms with van der Waals surface area (Å²) in [6, 6.07) is 3.54. The average Bonchev–Trinajstić information content (AvgIpc) is 2.01. The molecule has 0 heterocycles. The van der Waals surface area contributed by atoms with Crippen molar-refractivity contribution in [1.29, 1.82) is 0 Å². The summed E-state index contributed by atoms with van der Waals surface area (Å²) in [7, 11) is 0. The summed E-state index contributed by atoms with van der Waals surface area (Å²) in [5.74, 6) is 0. The lowest BCUT2D eigenvalue weighted by molar-refractivity contribution is 1.44. The molecule has 56 valence electrons. The number of hydrogen-bond acceptors (Lipinski definition) is 1. The molecule has 0 aliphatic rings. The Morgan fingerprint density at radius 2 is 2.18 bits per heavy atom. The molecular formula is C8H7BrN2. The third-order valence-corrected chi connectivity index (χ3v) is 2.41. The van der Waals surface area contributed by atoms with Crippen molar-refractivity contribution in [3.63, 3.8) is 0 Å². The molecule has 0 unspecified atom stereocenters. The van der Waals surface area contributed by atoms with Crippen LogP contribution in [0.25, 0.3) is 4.85 Å². The molecule has 0 radical (unpaired) electrons. The first-order valence-corrected chi connectivity index (χ1v) is 3.88. The molecule has 0 atom stereocenters. The number of benzene rings is 1. The first kappa shape index (κ1) is 8.09. The summed E-state index contributed by atoms with van der Waals surface area (Å²) in [5.41, 5.74) is 7.66. The van der Waals surface area contributed by atoms with E-state index >= 15 is 0 Å². The predicted molar refractivity (Wildman–Crippen MR) is 49.6 cm³/mol. The maximum atomic E-state index is 6.78. The molecule has 1 aromatic carbocycles. The van der Waals surface area contributed by atoms with Gasteiger partial charge in [0.15, 0.2) is 0 Å². The van der Waals surface area contributed by atoms with Gasteiger partial charge in [0.2, 0.25) is 5.69 Å². The monoisotopic (exact) mass is 210 g/mol. The minimum absolute atomic E-state index is 0.519. The molecule has 0 saturated heterocycles. The third kappa shape index (κ3) is 1.36. The van der Waals surface area contributed by atoms with Gasteiger partial charge in [-0.25, -0.2) is 4.85 Å². The second kappa shape index (κ2) is 2.93. The number of halogens is 1. The zero-order chi connectivity index (χ0) is 8.43. The van der Waals surface area contributed by atoms with Crippen LogP contribution >= 0.6 is 15.9 Å². The Labute approximate surface area is 74.0 Å². The van der Waals surface area contributed by atoms with Gasteiger partial charge >= 0.3 is 0 Å². The van der Waals surface area contributed by atoms with Gasteiger partial charge < -0.3 is 5.73 Å². The lowest BCUT2D eigenvalue weighted by Gasteiger charge is -2.03. The Morgan fingerprint density at radius 1 is 1.55 bits per heavy atom. The predicted octanol–water partition coefficient (Wildman–Crippen LogP) is 2.89. The van der Waals surface area contributed by atoms with E-state index in [-0.39, 0.29) is 0 Å². The lowest BCUT2D eigenvalue weighted by Crippen LogP contribution is -1.89. The van der Waals surface area contributed by atoms with E-state index in [0.29, 0.717) is 11.4 Å². The number of anilines is 1. The standard InChI is InChI=1S/C8H7BrN2/c1-5-6(9)3-4-7(11-2)8(5)10/h3-4H,10H2,1H3. The van der Waals surface area contributed by atoms with Crippen LogP contribution in [0.4, 0.5) is 11.4 Å². The highest BCUT2D eigenvalue weighted by atomic mass is 79.9. The fraction of sp³-hybridized carbons (Fsp3) is 0.125. The molecule has 0 saturated carbocycles. The van der Waals surface area contributed by atoms with E-state index in [9.17, 15) is 0 Å². The number of nitrogens with two attached hydrogens (primary N) is 1. The van der Waals surface area contributed by atoms with Crippen LogP contribution in [0.5, 0.6) is 0 Å². The highest BCUT2D eigenvalue weighted by Gasteiger charge is 2.03. The number of hydrogen-bond donors (Lipinski definition) is 1. The molecule has 0 spiro atoms. The molecule has 11 heavy (non-hydrogen) atoms. The van der Waals surface area contributed by atoms with Gasteiger partial charge in [-0.2, -0.15) is 0 Å². The van der Waals surface area contributed by atoms with E-state index in [4.69, 9.17) is 12.3 Å². The van der Waals surface area contributed by atoms with E-state index < -0.39 is 0 Å². The van der Waals surface area contributed by atoms with Crippen molar-refractivity contribution in [3.8, 4) is 0 Å². The molecule has 2 nitrogen and oxygen atoms in total. The fourth-order valence-corrected chi connectivity index (χ4v) is 1.13. The van der Waals surface area contributed by atoms with E-state index in [2.05, 4.69) is 20.8 Å². The summed E-state index contributed by atoms with van der Waals surface area (Å²) in [4.78, 5) is 3.28. The first-order valence-electron chi connectivity index (χ1n) is 3.09. The van der Waals surface area contributed by atoms with Gasteiger partial charge in [-0.05, 0) is 12.5 Å². The number of nitrogens with zero attached hydrogens (tertiary/aromatic N) is 1. The van der Waals surface area contributed by atoms with Crippen LogP contribution in [0, 0.1) is 13.5 Å². The lowest BCUT2D eigenvalue weighted by atomic mass is 10.2. The van der Waals surface area contributed by atoms with Crippen LogP contribution in [0.15, 0.2) is 16.6 Å². The van der Waals surface area contributed by atoms with Gasteiger partial charge in [0.05, 0.1) is 6.57 Å². The Kier molecular flexibility index (Phi) is 2.16. The molecule has 2 N–H and O–H groups in total. The number of nitrogen functional groups attached to an aromatic ring is 1. The average molecular weight is 211 g/mol. The molecule has 3 heteroatoms. The van der Waals surface area contributed by atoms with Crippen LogP contribution < -0.4 is 5.73 Å². The second-order valence-electron chi connectivity index (χ2n) is 2.22. The van der Waals surface area contributed by atoms with E-state index in [1.54, 1.807) is 6.07 Å². The molecule has 0 aromatic heterocycles. The molecular weight excluding hydrogens is 204 g/mol. The minimum atomic E-state index is 0.519. The Hall–Kier alpha value is -1.01. The molecule has 0 fully saturated rings. The SMILES string of the molecule is [C-]#[N+]c1ccc(Br)c(C)c1N. The van der Waals surface area contributed by atoms with Crippen molar-refractivity contribution >= 4 is 27.3 Å². The van der Waals surface area contributed by atoms with Crippen molar-refractivity contribution in [2.45, 2.75) is 6.92 Å². The third-order valence-electron chi connectivity index (χ3n) is 1.55. The van der Waals surface area contributed by atoms with Gasteiger partial charge in [0.1, 0.15) is 0 Å².